The van der Waals surface area contributed by atoms with Crippen LogP contribution in [-0.2, 0) is 6.18 Å². The van der Waals surface area contributed by atoms with E-state index < -0.39 is 18.0 Å². The molecule has 1 aromatic carbocycles. The Hall–Kier alpha value is -3.28. The fraction of sp³-hybridized carbons (Fsp3) is 0.278. The molecule has 1 unspecified atom stereocenters. The van der Waals surface area contributed by atoms with Crippen molar-refractivity contribution in [2.45, 2.75) is 18.7 Å². The van der Waals surface area contributed by atoms with Crippen LogP contribution in [0.5, 0.6) is 5.88 Å². The number of hydrogen-bond acceptors (Lipinski definition) is 4. The number of aromatic nitrogens is 1. The summed E-state index contributed by atoms with van der Waals surface area (Å²) in [4.78, 5) is 17.2. The van der Waals surface area contributed by atoms with Crippen molar-refractivity contribution < 1.29 is 22.7 Å². The summed E-state index contributed by atoms with van der Waals surface area (Å²) in [6, 6.07) is 12.1. The Labute approximate surface area is 153 Å². The van der Waals surface area contributed by atoms with Gasteiger partial charge in [0.2, 0.25) is 5.88 Å². The molecule has 0 radical (unpaired) electrons. The number of urea groups is 1. The number of nitrogens with zero attached hydrogens (tertiary/aromatic N) is 3. The minimum Gasteiger partial charge on any atom is -0.472 e. The minimum absolute atomic E-state index is 0.191. The van der Waals surface area contributed by atoms with Crippen LogP contribution in [0.4, 0.5) is 23.7 Å². The van der Waals surface area contributed by atoms with Crippen LogP contribution in [0.25, 0.3) is 0 Å². The fourth-order valence-electron chi connectivity index (χ4n) is 2.68. The van der Waals surface area contributed by atoms with E-state index in [1.165, 1.54) is 4.90 Å². The second-order valence-electron chi connectivity index (χ2n) is 5.96. The number of ether oxygens (including phenoxy) is 1. The number of para-hydroxylation sites is 1. The molecule has 2 amide bonds. The Kier molecular flexibility index (Phi) is 5.16. The van der Waals surface area contributed by atoms with Crippen molar-refractivity contribution in [3.63, 3.8) is 0 Å². The van der Waals surface area contributed by atoms with E-state index in [9.17, 15) is 18.0 Å². The summed E-state index contributed by atoms with van der Waals surface area (Å²) >= 11 is 0. The number of pyridine rings is 1. The van der Waals surface area contributed by atoms with Gasteiger partial charge in [0.05, 0.1) is 18.2 Å². The zero-order chi connectivity index (χ0) is 19.4. The Morgan fingerprint density at radius 2 is 2.04 bits per heavy atom. The number of hydrogen-bond donors (Lipinski definition) is 1. The maximum absolute atomic E-state index is 12.9. The van der Waals surface area contributed by atoms with Crippen molar-refractivity contribution >= 4 is 11.7 Å². The van der Waals surface area contributed by atoms with Gasteiger partial charge in [-0.2, -0.15) is 18.4 Å². The van der Waals surface area contributed by atoms with Crippen LogP contribution in [0.2, 0.25) is 0 Å². The predicted molar refractivity (Wildman–Crippen MR) is 90.0 cm³/mol. The first-order valence-corrected chi connectivity index (χ1v) is 8.12. The van der Waals surface area contributed by atoms with Crippen LogP contribution < -0.4 is 10.1 Å². The molecule has 1 fully saturated rings. The molecular weight excluding hydrogens is 361 g/mol. The summed E-state index contributed by atoms with van der Waals surface area (Å²) in [6.07, 6.45) is -4.74. The average Bonchev–Trinajstić information content (AvgIpc) is 3.10. The van der Waals surface area contributed by atoms with E-state index in [-0.39, 0.29) is 24.0 Å². The highest BCUT2D eigenvalue weighted by atomic mass is 19.4. The number of carbonyl (C=O) groups excluding carboxylic acids is 1. The summed E-state index contributed by atoms with van der Waals surface area (Å²) in [5.41, 5.74) is -0.734. The molecule has 1 N–H and O–H groups in total. The molecule has 9 heteroatoms. The molecular formula is C18H15F3N4O2. The molecule has 6 nitrogen and oxygen atoms in total. The number of alkyl halides is 3. The Morgan fingerprint density at radius 3 is 2.70 bits per heavy atom. The lowest BCUT2D eigenvalue weighted by Gasteiger charge is -2.18. The van der Waals surface area contributed by atoms with Crippen LogP contribution in [0, 0.1) is 11.3 Å². The SMILES string of the molecule is N#Cc1cc(OC2CCN(C(=O)Nc3ccccc3)C2)nc(C(F)(F)F)c1. The summed E-state index contributed by atoms with van der Waals surface area (Å²) in [5, 5.41) is 11.6. The molecule has 1 aromatic heterocycles. The lowest BCUT2D eigenvalue weighted by atomic mass is 10.2. The monoisotopic (exact) mass is 376 g/mol. The summed E-state index contributed by atoms with van der Waals surface area (Å²) < 4.78 is 44.2. The molecule has 1 aliphatic heterocycles. The first-order valence-electron chi connectivity index (χ1n) is 8.12. The quantitative estimate of drug-likeness (QED) is 0.887. The maximum atomic E-state index is 12.9. The van der Waals surface area contributed by atoms with E-state index in [4.69, 9.17) is 10.00 Å². The van der Waals surface area contributed by atoms with E-state index in [1.54, 1.807) is 30.3 Å². The molecule has 1 saturated heterocycles. The van der Waals surface area contributed by atoms with Gasteiger partial charge in [-0.1, -0.05) is 18.2 Å². The van der Waals surface area contributed by atoms with Gasteiger partial charge in [0.25, 0.3) is 0 Å². The van der Waals surface area contributed by atoms with E-state index in [2.05, 4.69) is 10.3 Å². The number of benzene rings is 1. The van der Waals surface area contributed by atoms with Gasteiger partial charge < -0.3 is 15.0 Å². The lowest BCUT2D eigenvalue weighted by molar-refractivity contribution is -0.141. The fourth-order valence-corrected chi connectivity index (χ4v) is 2.68. The van der Waals surface area contributed by atoms with Gasteiger partial charge in [-0.15, -0.1) is 0 Å². The third-order valence-corrected chi connectivity index (χ3v) is 3.97. The standard InChI is InChI=1S/C18H15F3N4O2/c19-18(20,21)15-8-12(10-22)9-16(24-15)27-14-6-7-25(11-14)17(26)23-13-4-2-1-3-5-13/h1-5,8-9,14H,6-7,11H2,(H,23,26). The molecule has 3 rings (SSSR count). The number of anilines is 1. The largest absolute Gasteiger partial charge is 0.472 e. The van der Waals surface area contributed by atoms with Gasteiger partial charge in [0.1, 0.15) is 11.8 Å². The summed E-state index contributed by atoms with van der Waals surface area (Å²) in [7, 11) is 0. The highest BCUT2D eigenvalue weighted by molar-refractivity contribution is 5.89. The highest BCUT2D eigenvalue weighted by Crippen LogP contribution is 2.30. The predicted octanol–water partition coefficient (Wildman–Crippen LogP) is 3.66. The van der Waals surface area contributed by atoms with Crippen LogP contribution in [0.15, 0.2) is 42.5 Å². The number of rotatable bonds is 3. The molecule has 0 saturated carbocycles. The molecule has 2 heterocycles. The Balaban J connectivity index is 1.64. The zero-order valence-electron chi connectivity index (χ0n) is 14.0. The van der Waals surface area contributed by atoms with E-state index in [0.29, 0.717) is 24.7 Å². The lowest BCUT2D eigenvalue weighted by Crippen LogP contribution is -2.34. The normalized spacial score (nSPS) is 16.7. The summed E-state index contributed by atoms with van der Waals surface area (Å²) in [5.74, 6) is -0.281. The van der Waals surface area contributed by atoms with Gasteiger partial charge in [-0.25, -0.2) is 9.78 Å². The Morgan fingerprint density at radius 1 is 1.30 bits per heavy atom. The molecule has 0 bridgehead atoms. The molecule has 0 spiro atoms. The second-order valence-corrected chi connectivity index (χ2v) is 5.96. The van der Waals surface area contributed by atoms with Crippen molar-refractivity contribution in [1.82, 2.24) is 9.88 Å². The van der Waals surface area contributed by atoms with Crippen LogP contribution in [0.3, 0.4) is 0 Å². The van der Waals surface area contributed by atoms with Crippen LogP contribution >= 0.6 is 0 Å². The molecule has 0 aliphatic carbocycles. The zero-order valence-corrected chi connectivity index (χ0v) is 14.0. The minimum atomic E-state index is -4.68. The molecule has 1 atom stereocenters. The number of carbonyl (C=O) groups is 1. The number of likely N-dealkylation sites (tertiary alicyclic amines) is 1. The first kappa shape index (κ1) is 18.5. The maximum Gasteiger partial charge on any atom is 0.433 e. The average molecular weight is 376 g/mol. The van der Waals surface area contributed by atoms with Gasteiger partial charge >= 0.3 is 12.2 Å². The van der Waals surface area contributed by atoms with Gasteiger partial charge in [-0.05, 0) is 18.2 Å². The van der Waals surface area contributed by atoms with Crippen molar-refractivity contribution in [3.8, 4) is 11.9 Å². The molecule has 27 heavy (non-hydrogen) atoms. The van der Waals surface area contributed by atoms with Crippen molar-refractivity contribution in [3.05, 3.63) is 53.7 Å². The van der Waals surface area contributed by atoms with Gasteiger partial charge in [0, 0.05) is 24.7 Å². The number of nitriles is 1. The van der Waals surface area contributed by atoms with Crippen molar-refractivity contribution in [1.29, 1.82) is 5.26 Å². The van der Waals surface area contributed by atoms with E-state index >= 15 is 0 Å². The molecule has 140 valence electrons. The molecule has 2 aromatic rings. The van der Waals surface area contributed by atoms with Gasteiger partial charge in [-0.3, -0.25) is 0 Å². The van der Waals surface area contributed by atoms with E-state index in [0.717, 1.165) is 6.07 Å². The van der Waals surface area contributed by atoms with Crippen LogP contribution in [-0.4, -0.2) is 35.1 Å². The number of nitrogens with one attached hydrogen (secondary N) is 1. The number of amides is 2. The van der Waals surface area contributed by atoms with Crippen molar-refractivity contribution in [2.24, 2.45) is 0 Å². The topological polar surface area (TPSA) is 78.2 Å². The first-order chi connectivity index (χ1) is 12.8. The van der Waals surface area contributed by atoms with Crippen LogP contribution in [0.1, 0.15) is 17.7 Å². The number of halogens is 3. The third kappa shape index (κ3) is 4.67. The smallest absolute Gasteiger partial charge is 0.433 e. The van der Waals surface area contributed by atoms with E-state index in [1.807, 2.05) is 6.07 Å². The van der Waals surface area contributed by atoms with Crippen molar-refractivity contribution in [2.75, 3.05) is 18.4 Å². The second kappa shape index (κ2) is 7.53. The third-order valence-electron chi connectivity index (χ3n) is 3.97. The summed E-state index contributed by atoms with van der Waals surface area (Å²) in [6.45, 7) is 0.603. The molecule has 1 aliphatic rings. The Bertz CT molecular complexity index is 865. The highest BCUT2D eigenvalue weighted by Gasteiger charge is 2.34. The van der Waals surface area contributed by atoms with Gasteiger partial charge in [0.15, 0.2) is 0 Å².